The molecule has 1 atom stereocenters. The minimum atomic E-state index is 0. The molecule has 0 radical (unpaired) electrons. The maximum atomic E-state index is 3.93. The summed E-state index contributed by atoms with van der Waals surface area (Å²) in [7, 11) is 0. The summed E-state index contributed by atoms with van der Waals surface area (Å²) in [6.45, 7) is 6.19. The van der Waals surface area contributed by atoms with Gasteiger partial charge < -0.3 is 0 Å². The average molecular weight is 367 g/mol. The van der Waals surface area contributed by atoms with Gasteiger partial charge in [-0.1, -0.05) is 68.2 Å². The first-order chi connectivity index (χ1) is 10.3. The summed E-state index contributed by atoms with van der Waals surface area (Å²) >= 11 is 0. The molecule has 0 aromatic heterocycles. The Morgan fingerprint density at radius 1 is 1.32 bits per heavy atom. The Morgan fingerprint density at radius 3 is 2.91 bits per heavy atom. The fraction of sp³-hybridized carbons (Fsp3) is 0.333. The number of rotatable bonds is 6. The van der Waals surface area contributed by atoms with Crippen LogP contribution in [0.25, 0.3) is 6.08 Å². The van der Waals surface area contributed by atoms with Crippen LogP contribution in [-0.4, -0.2) is 0 Å². The van der Waals surface area contributed by atoms with Gasteiger partial charge in [0.25, 0.3) is 0 Å². The van der Waals surface area contributed by atoms with Crippen LogP contribution in [0.4, 0.5) is 0 Å². The fourth-order valence-corrected chi connectivity index (χ4v) is 3.49. The number of unbranched alkanes of at least 4 members (excludes halogenated alkanes) is 1. The Balaban J connectivity index is 0.00000176. The molecule has 0 N–H and O–H groups in total. The zero-order valence-electron chi connectivity index (χ0n) is 13.4. The van der Waals surface area contributed by atoms with Crippen molar-refractivity contribution >= 4 is 6.08 Å². The molecular formula is C21H23Zr-. The molecule has 0 amide bonds. The van der Waals surface area contributed by atoms with Crippen LogP contribution in [0.2, 0.25) is 0 Å². The predicted octanol–water partition coefficient (Wildman–Crippen LogP) is 5.99. The maximum absolute atomic E-state index is 3.93. The Kier molecular flexibility index (Phi) is 6.39. The molecule has 22 heavy (non-hydrogen) atoms. The van der Waals surface area contributed by atoms with Crippen molar-refractivity contribution < 1.29 is 26.2 Å². The molecule has 0 spiro atoms. The number of hydrogen-bond donors (Lipinski definition) is 0. The molecule has 2 aliphatic rings. The Morgan fingerprint density at radius 2 is 2.14 bits per heavy atom. The molecule has 0 saturated heterocycles. The van der Waals surface area contributed by atoms with Gasteiger partial charge in [-0.15, -0.1) is 13.0 Å². The summed E-state index contributed by atoms with van der Waals surface area (Å²) in [6, 6.07) is 8.80. The van der Waals surface area contributed by atoms with E-state index in [-0.39, 0.29) is 26.2 Å². The van der Waals surface area contributed by atoms with E-state index in [1.807, 2.05) is 6.08 Å². The van der Waals surface area contributed by atoms with Gasteiger partial charge in [-0.3, -0.25) is 6.08 Å². The van der Waals surface area contributed by atoms with Crippen LogP contribution < -0.4 is 0 Å². The second-order valence-corrected chi connectivity index (χ2v) is 5.90. The van der Waals surface area contributed by atoms with Gasteiger partial charge in [-0.2, -0.15) is 11.6 Å². The quantitative estimate of drug-likeness (QED) is 0.428. The van der Waals surface area contributed by atoms with Gasteiger partial charge in [0.15, 0.2) is 0 Å². The predicted molar refractivity (Wildman–Crippen MR) is 91.0 cm³/mol. The molecule has 0 nitrogen and oxygen atoms in total. The van der Waals surface area contributed by atoms with Crippen molar-refractivity contribution in [3.05, 3.63) is 76.9 Å². The van der Waals surface area contributed by atoms with Crippen LogP contribution in [0.15, 0.2) is 59.7 Å². The van der Waals surface area contributed by atoms with E-state index >= 15 is 0 Å². The van der Waals surface area contributed by atoms with E-state index in [2.05, 4.69) is 56.0 Å². The van der Waals surface area contributed by atoms with Crippen LogP contribution >= 0.6 is 0 Å². The van der Waals surface area contributed by atoms with Crippen molar-refractivity contribution in [2.75, 3.05) is 0 Å². The fourth-order valence-electron chi connectivity index (χ4n) is 3.49. The van der Waals surface area contributed by atoms with E-state index in [0.29, 0.717) is 5.92 Å². The first-order valence-electron chi connectivity index (χ1n) is 8.05. The normalized spacial score (nSPS) is 19.0. The van der Waals surface area contributed by atoms with E-state index in [9.17, 15) is 0 Å². The molecule has 1 heteroatoms. The van der Waals surface area contributed by atoms with Crippen LogP contribution in [-0.2, 0) is 26.2 Å². The van der Waals surface area contributed by atoms with E-state index < -0.39 is 0 Å². The molecule has 0 saturated carbocycles. The van der Waals surface area contributed by atoms with Crippen molar-refractivity contribution in [2.24, 2.45) is 0 Å². The Bertz CT molecular complexity index is 631. The summed E-state index contributed by atoms with van der Waals surface area (Å²) in [5, 5.41) is 0. The molecule has 1 aromatic carbocycles. The number of hydrogen-bond acceptors (Lipinski definition) is 0. The van der Waals surface area contributed by atoms with Gasteiger partial charge >= 0.3 is 0 Å². The molecule has 2 aliphatic carbocycles. The summed E-state index contributed by atoms with van der Waals surface area (Å²) in [5.41, 5.74) is 7.27. The number of fused-ring (bicyclic) bond motifs is 1. The standard InChI is InChI=1S/C21H23.Zr/c1-3-5-10-16-12-8-14-19(16)21-18(9-4-2)15-17-11-6-7-13-20(17)21;/h4,6-7,11,13-15,21H,2-3,5,8-10H2,1H3;/q-1;. The third-order valence-corrected chi connectivity index (χ3v) is 4.48. The minimum absolute atomic E-state index is 0. The van der Waals surface area contributed by atoms with Crippen LogP contribution in [0.5, 0.6) is 0 Å². The summed E-state index contributed by atoms with van der Waals surface area (Å²) in [5.74, 6) is 0.432. The van der Waals surface area contributed by atoms with Crippen molar-refractivity contribution in [1.82, 2.24) is 0 Å². The van der Waals surface area contributed by atoms with Gasteiger partial charge in [-0.25, -0.2) is 5.57 Å². The van der Waals surface area contributed by atoms with Crippen LogP contribution in [0.3, 0.4) is 0 Å². The zero-order chi connectivity index (χ0) is 14.7. The van der Waals surface area contributed by atoms with Crippen molar-refractivity contribution in [2.45, 2.75) is 44.9 Å². The average Bonchev–Trinajstić information content (AvgIpc) is 3.08. The molecule has 0 bridgehead atoms. The molecule has 0 fully saturated rings. The zero-order valence-corrected chi connectivity index (χ0v) is 15.8. The van der Waals surface area contributed by atoms with Crippen LogP contribution in [0, 0.1) is 6.08 Å². The Labute approximate surface area is 153 Å². The first-order valence-corrected chi connectivity index (χ1v) is 8.05. The van der Waals surface area contributed by atoms with E-state index in [1.54, 1.807) is 0 Å². The Hall–Kier alpha value is -0.937. The maximum Gasteiger partial charge on any atom is 0 e. The smallest absolute Gasteiger partial charge is 0 e. The number of benzene rings is 1. The minimum Gasteiger partial charge on any atom is -0.269 e. The van der Waals surface area contributed by atoms with Gasteiger partial charge in [0.05, 0.1) is 0 Å². The van der Waals surface area contributed by atoms with E-state index in [1.165, 1.54) is 47.1 Å². The molecule has 0 heterocycles. The van der Waals surface area contributed by atoms with Gasteiger partial charge in [0.1, 0.15) is 0 Å². The molecule has 1 aromatic rings. The van der Waals surface area contributed by atoms with Gasteiger partial charge in [-0.05, 0) is 23.5 Å². The SMILES string of the molecule is C=CCC1=Cc2ccccc2C1C1=CC[C-]=C1CCCC.[Zr]. The van der Waals surface area contributed by atoms with Crippen molar-refractivity contribution in [3.63, 3.8) is 0 Å². The molecule has 1 unspecified atom stereocenters. The molecule has 3 rings (SSSR count). The van der Waals surface area contributed by atoms with Crippen molar-refractivity contribution in [1.29, 1.82) is 0 Å². The summed E-state index contributed by atoms with van der Waals surface area (Å²) in [6.07, 6.45) is 16.0. The third kappa shape index (κ3) is 3.35. The van der Waals surface area contributed by atoms with E-state index in [4.69, 9.17) is 0 Å². The van der Waals surface area contributed by atoms with Crippen molar-refractivity contribution in [3.8, 4) is 0 Å². The van der Waals surface area contributed by atoms with Gasteiger partial charge in [0, 0.05) is 26.2 Å². The van der Waals surface area contributed by atoms with Crippen LogP contribution in [0.1, 0.15) is 56.1 Å². The summed E-state index contributed by atoms with van der Waals surface area (Å²) < 4.78 is 0. The van der Waals surface area contributed by atoms with Gasteiger partial charge in [0.2, 0.25) is 0 Å². The molecule has 0 aliphatic heterocycles. The second-order valence-electron chi connectivity index (χ2n) is 5.90. The monoisotopic (exact) mass is 365 g/mol. The second kappa shape index (κ2) is 8.07. The largest absolute Gasteiger partial charge is 0.269 e. The first kappa shape index (κ1) is 17.4. The molecule has 112 valence electrons. The topological polar surface area (TPSA) is 0 Å². The molecular weight excluding hydrogens is 343 g/mol. The number of allylic oxidation sites excluding steroid dienone is 6. The summed E-state index contributed by atoms with van der Waals surface area (Å²) in [4.78, 5) is 0. The van der Waals surface area contributed by atoms with E-state index in [0.717, 1.165) is 12.8 Å². The third-order valence-electron chi connectivity index (χ3n) is 4.48.